The quantitative estimate of drug-likeness (QED) is 0.234. The Labute approximate surface area is 319 Å². The molecule has 1 fully saturated rings. The van der Waals surface area contributed by atoms with Gasteiger partial charge in [0.25, 0.3) is 0 Å². The van der Waals surface area contributed by atoms with Crippen molar-refractivity contribution in [3.63, 3.8) is 0 Å². The van der Waals surface area contributed by atoms with Crippen molar-refractivity contribution in [3.05, 3.63) is 64.6 Å². The number of benzene rings is 1. The number of alkyl halides is 6. The Balaban J connectivity index is 0.00000378. The van der Waals surface area contributed by atoms with Crippen molar-refractivity contribution < 1.29 is 81.5 Å². The van der Waals surface area contributed by atoms with E-state index < -0.39 is 48.0 Å². The van der Waals surface area contributed by atoms with Crippen LogP contribution >= 0.6 is 0 Å². The van der Waals surface area contributed by atoms with Crippen molar-refractivity contribution >= 4 is 29.4 Å². The smallest absolute Gasteiger partial charge is 1.00 e. The number of hydrogen-bond donors (Lipinski definition) is 2. The number of methoxy groups -OCH3 is 1. The maximum Gasteiger partial charge on any atom is 1.00 e. The van der Waals surface area contributed by atoms with Gasteiger partial charge in [-0.25, -0.2) is 19.7 Å². The van der Waals surface area contributed by atoms with Crippen molar-refractivity contribution in [2.45, 2.75) is 57.5 Å². The summed E-state index contributed by atoms with van der Waals surface area (Å²) in [6.07, 6.45) is -8.71. The molecule has 4 heterocycles. The molecule has 2 aliphatic heterocycles. The Morgan fingerprint density at radius 1 is 0.981 bits per heavy atom. The third kappa shape index (κ3) is 9.56. The van der Waals surface area contributed by atoms with Gasteiger partial charge in [-0.15, -0.1) is 0 Å². The molecular formula is C33H38F6N7NaO5. The summed E-state index contributed by atoms with van der Waals surface area (Å²) in [5.41, 5.74) is -1.74. The van der Waals surface area contributed by atoms with Gasteiger partial charge in [-0.1, -0.05) is 6.92 Å². The van der Waals surface area contributed by atoms with E-state index in [1.54, 1.807) is 24.0 Å². The molecule has 0 aliphatic carbocycles. The Kier molecular flexibility index (Phi) is 13.3. The number of hydrogen-bond acceptors (Lipinski definition) is 10. The maximum atomic E-state index is 13.7. The second-order valence-electron chi connectivity index (χ2n) is 12.1. The molecule has 0 bridgehead atoms. The molecule has 2 aromatic heterocycles. The molecule has 2 aliphatic rings. The molecule has 2 N–H and O–H groups in total. The van der Waals surface area contributed by atoms with Gasteiger partial charge in [0.2, 0.25) is 11.8 Å². The Morgan fingerprint density at radius 3 is 2.19 bits per heavy atom. The van der Waals surface area contributed by atoms with Crippen molar-refractivity contribution in [3.8, 4) is 5.88 Å². The molecule has 0 radical (unpaired) electrons. The van der Waals surface area contributed by atoms with Crippen molar-refractivity contribution in [2.75, 3.05) is 61.6 Å². The Morgan fingerprint density at radius 2 is 1.63 bits per heavy atom. The van der Waals surface area contributed by atoms with Crippen LogP contribution < -0.4 is 49.4 Å². The maximum absolute atomic E-state index is 13.7. The number of rotatable bonds is 10. The van der Waals surface area contributed by atoms with Crippen molar-refractivity contribution in [1.82, 2.24) is 19.9 Å². The molecule has 2 atom stereocenters. The monoisotopic (exact) mass is 749 g/mol. The molecule has 5 rings (SSSR count). The molecule has 19 heteroatoms. The van der Waals surface area contributed by atoms with Crippen LogP contribution in [0.2, 0.25) is 0 Å². The number of carboxylic acid groups (broad SMARTS) is 1. The van der Waals surface area contributed by atoms with E-state index >= 15 is 0 Å². The van der Waals surface area contributed by atoms with E-state index in [4.69, 9.17) is 9.47 Å². The number of carbonyl (C=O) groups excluding carboxylic acids is 1. The second-order valence-corrected chi connectivity index (χ2v) is 12.1. The third-order valence-corrected chi connectivity index (χ3v) is 8.72. The number of piperazine rings is 1. The molecule has 0 spiro atoms. The van der Waals surface area contributed by atoms with Gasteiger partial charge in [0.1, 0.15) is 0 Å². The zero-order valence-electron chi connectivity index (χ0n) is 30.0. The molecule has 278 valence electrons. The average molecular weight is 750 g/mol. The van der Waals surface area contributed by atoms with Crippen LogP contribution in [0.25, 0.3) is 0 Å². The van der Waals surface area contributed by atoms with E-state index in [0.717, 1.165) is 0 Å². The first-order valence-corrected chi connectivity index (χ1v) is 16.2. The van der Waals surface area contributed by atoms with Gasteiger partial charge in [0.15, 0.2) is 0 Å². The van der Waals surface area contributed by atoms with Crippen molar-refractivity contribution in [2.24, 2.45) is 0 Å². The number of carbonyl (C=O) groups is 2. The van der Waals surface area contributed by atoms with Gasteiger partial charge in [0.05, 0.1) is 66.4 Å². The molecular weight excluding hydrogens is 711 g/mol. The van der Waals surface area contributed by atoms with Gasteiger partial charge < -0.3 is 26.2 Å². The summed E-state index contributed by atoms with van der Waals surface area (Å²) in [5, 5.41) is 12.4. The molecule has 3 aromatic rings. The van der Waals surface area contributed by atoms with Gasteiger partial charge in [-0.05, 0) is 49.6 Å². The van der Waals surface area contributed by atoms with Crippen LogP contribution in [0.5, 0.6) is 5.88 Å². The van der Waals surface area contributed by atoms with E-state index in [-0.39, 0.29) is 79.3 Å². The summed E-state index contributed by atoms with van der Waals surface area (Å²) in [6.45, 7) is 4.88. The number of nitrogens with zero attached hydrogens (tertiary/aromatic N) is 6. The van der Waals surface area contributed by atoms with E-state index in [1.807, 2.05) is 11.8 Å². The van der Waals surface area contributed by atoms with Crippen LogP contribution in [0, 0.1) is 0 Å². The number of pyridine rings is 1. The Bertz CT molecular complexity index is 1720. The molecule has 1 amide bonds. The molecule has 52 heavy (non-hydrogen) atoms. The van der Waals surface area contributed by atoms with Crippen LogP contribution in [0.15, 0.2) is 36.5 Å². The summed E-state index contributed by atoms with van der Waals surface area (Å²) in [6, 6.07) is 3.77. The number of aliphatic carboxylic acids is 1. The molecule has 1 saturated heterocycles. The number of anilines is 3. The van der Waals surface area contributed by atoms with Crippen LogP contribution in [0.1, 0.15) is 62.2 Å². The zero-order valence-corrected chi connectivity index (χ0v) is 31.0. The van der Waals surface area contributed by atoms with Crippen LogP contribution in [0.3, 0.4) is 0 Å². The first-order valence-electron chi connectivity index (χ1n) is 16.2. The largest absolute Gasteiger partial charge is 1.00 e. The minimum Gasteiger partial charge on any atom is -1.00 e. The fraction of sp³-hybridized carbons (Fsp3) is 0.485. The van der Waals surface area contributed by atoms with Gasteiger partial charge in [0, 0.05) is 44.7 Å². The third-order valence-electron chi connectivity index (χ3n) is 8.72. The Hall–Kier alpha value is -3.87. The minimum atomic E-state index is -5.03. The average Bonchev–Trinajstić information content (AvgIpc) is 3.07. The van der Waals surface area contributed by atoms with E-state index in [1.165, 1.54) is 18.2 Å². The molecule has 0 unspecified atom stereocenters. The summed E-state index contributed by atoms with van der Waals surface area (Å²) in [7, 11) is 1.44. The fourth-order valence-electron chi connectivity index (χ4n) is 6.31. The summed E-state index contributed by atoms with van der Waals surface area (Å²) in [5.74, 6) is -0.704. The van der Waals surface area contributed by atoms with Gasteiger partial charge in [-0.3, -0.25) is 14.6 Å². The van der Waals surface area contributed by atoms with Crippen LogP contribution in [-0.4, -0.2) is 89.5 Å². The number of halogens is 6. The standard InChI is InChI=1S/C33H37F6N7O5.Na.H/c1-4-22-16-24(29-25(6-7-27(43-29)50-3)46(22)31(49)51-5-2)42-30-40-17-26(45-10-8-44(9-11-45)18-28(47)48)23(41-30)14-19-12-20(32(34,35)36)15-21(13-19)33(37,38)39;;/h6-7,12-13,15,17,22,24H,4-5,8-11,14,16,18H2,1-3H3,(H,47,48)(H,40,41,42);;/q;+1;-1/t22-,24+;;/m1../s1. The number of fused-ring (bicyclic) bond motifs is 1. The normalized spacial score (nSPS) is 17.9. The molecule has 12 nitrogen and oxygen atoms in total. The summed E-state index contributed by atoms with van der Waals surface area (Å²) >= 11 is 0. The fourth-order valence-corrected chi connectivity index (χ4v) is 6.31. The second kappa shape index (κ2) is 16.9. The number of nitrogens with one attached hydrogen (secondary N) is 1. The number of ether oxygens (including phenoxy) is 2. The first kappa shape index (κ1) is 40.9. The van der Waals surface area contributed by atoms with E-state index in [0.29, 0.717) is 68.2 Å². The van der Waals surface area contributed by atoms with Gasteiger partial charge >= 0.3 is 54.0 Å². The predicted octanol–water partition coefficient (Wildman–Crippen LogP) is 3.13. The number of aromatic nitrogens is 3. The zero-order chi connectivity index (χ0) is 37.1. The summed E-state index contributed by atoms with van der Waals surface area (Å²) in [4.78, 5) is 43.0. The minimum absolute atomic E-state index is 0. The van der Waals surface area contributed by atoms with E-state index in [2.05, 4.69) is 20.3 Å². The topological polar surface area (TPSA) is 133 Å². The SMILES string of the molecule is CCOC(=O)N1c2ccc(OC)nc2[C@@H](Nc2ncc(N3CCN(CC(=O)O)CC3)c(Cc3cc(C(F)(F)F)cc(C(F)(F)F)c3)n2)C[C@H]1CC.[H-].[Na+]. The predicted molar refractivity (Wildman–Crippen MR) is 174 cm³/mol. The van der Waals surface area contributed by atoms with Crippen molar-refractivity contribution in [1.29, 1.82) is 0 Å². The molecule has 0 saturated carbocycles. The number of amides is 1. The number of carboxylic acids is 1. The van der Waals surface area contributed by atoms with Gasteiger partial charge in [-0.2, -0.15) is 26.3 Å². The first-order chi connectivity index (χ1) is 24.1. The van der Waals surface area contributed by atoms with Crippen LogP contribution in [-0.2, 0) is 28.3 Å². The molecule has 1 aromatic carbocycles. The van der Waals surface area contributed by atoms with E-state index in [9.17, 15) is 41.0 Å². The van der Waals surface area contributed by atoms with Crippen LogP contribution in [0.4, 0.5) is 48.5 Å². The summed E-state index contributed by atoms with van der Waals surface area (Å²) < 4.78 is 93.1.